The summed E-state index contributed by atoms with van der Waals surface area (Å²) in [5.74, 6) is 0. The van der Waals surface area contributed by atoms with Crippen molar-refractivity contribution in [1.29, 1.82) is 0 Å². The predicted molar refractivity (Wildman–Crippen MR) is 70.6 cm³/mol. The van der Waals surface area contributed by atoms with Crippen molar-refractivity contribution in [3.63, 3.8) is 0 Å². The van der Waals surface area contributed by atoms with Crippen molar-refractivity contribution >= 4 is 10.0 Å². The first kappa shape index (κ1) is 14.9. The summed E-state index contributed by atoms with van der Waals surface area (Å²) in [7, 11) is 1.07. The fraction of sp³-hybridized carbons (Fsp3) is 1.00. The van der Waals surface area contributed by atoms with Gasteiger partial charge in [-0.25, -0.2) is 8.42 Å². The van der Waals surface area contributed by atoms with E-state index in [-0.39, 0.29) is 12.1 Å². The van der Waals surface area contributed by atoms with Crippen LogP contribution in [0, 0.1) is 0 Å². The third kappa shape index (κ3) is 4.21. The molecule has 0 radical (unpaired) electrons. The quantitative estimate of drug-likeness (QED) is 0.711. The second-order valence-electron chi connectivity index (χ2n) is 5.32. The van der Waals surface area contributed by atoms with Crippen LogP contribution < -0.4 is 0 Å². The molecule has 1 saturated heterocycles. The molecule has 2 atom stereocenters. The van der Waals surface area contributed by atoms with E-state index in [0.29, 0.717) is 13.1 Å². The van der Waals surface area contributed by atoms with Crippen molar-refractivity contribution in [2.75, 3.05) is 46.5 Å². The van der Waals surface area contributed by atoms with Crippen LogP contribution in [-0.4, -0.2) is 81.1 Å². The van der Waals surface area contributed by atoms with Gasteiger partial charge in [-0.3, -0.25) is 4.90 Å². The number of likely N-dealkylation sites (N-methyl/N-ethyl adjacent to an activating group) is 1. The number of sulfonamides is 1. The minimum absolute atomic E-state index is 0.286. The monoisotopic (exact) mass is 263 g/mol. The molecule has 1 fully saturated rings. The van der Waals surface area contributed by atoms with Gasteiger partial charge in [0.15, 0.2) is 0 Å². The van der Waals surface area contributed by atoms with Crippen molar-refractivity contribution < 1.29 is 8.42 Å². The Bertz CT molecular complexity index is 331. The molecule has 0 aromatic heterocycles. The molecule has 0 spiro atoms. The van der Waals surface area contributed by atoms with Gasteiger partial charge in [0.1, 0.15) is 0 Å². The first-order chi connectivity index (χ1) is 7.71. The van der Waals surface area contributed by atoms with Crippen molar-refractivity contribution in [1.82, 2.24) is 14.1 Å². The molecule has 0 N–H and O–H groups in total. The second-order valence-corrected chi connectivity index (χ2v) is 7.30. The van der Waals surface area contributed by atoms with Gasteiger partial charge in [-0.05, 0) is 27.9 Å². The third-order valence-electron chi connectivity index (χ3n) is 3.34. The van der Waals surface area contributed by atoms with Crippen LogP contribution in [0.3, 0.4) is 0 Å². The van der Waals surface area contributed by atoms with Crippen LogP contribution in [0.2, 0.25) is 0 Å². The summed E-state index contributed by atoms with van der Waals surface area (Å²) in [5.41, 5.74) is 0. The van der Waals surface area contributed by atoms with Gasteiger partial charge in [-0.15, -0.1) is 0 Å². The summed E-state index contributed by atoms with van der Waals surface area (Å²) in [6.45, 7) is 7.42. The maximum atomic E-state index is 11.5. The lowest BCUT2D eigenvalue weighted by molar-refractivity contribution is 0.0711. The van der Waals surface area contributed by atoms with Crippen molar-refractivity contribution in [3.8, 4) is 0 Å². The summed E-state index contributed by atoms with van der Waals surface area (Å²) in [5, 5.41) is 0. The minimum atomic E-state index is -3.05. The standard InChI is InChI=1S/C11H25N3O2S/c1-10-8-13(17(5,15)16)9-11(2)14(10)7-6-12(3)4/h10-11H,6-9H2,1-5H3. The number of rotatable bonds is 4. The molecule has 1 heterocycles. The van der Waals surface area contributed by atoms with E-state index in [4.69, 9.17) is 0 Å². The molecule has 17 heavy (non-hydrogen) atoms. The summed E-state index contributed by atoms with van der Waals surface area (Å²) < 4.78 is 24.7. The zero-order valence-corrected chi connectivity index (χ0v) is 12.4. The van der Waals surface area contributed by atoms with E-state index in [0.717, 1.165) is 13.1 Å². The number of piperazine rings is 1. The largest absolute Gasteiger partial charge is 0.308 e. The summed E-state index contributed by atoms with van der Waals surface area (Å²) >= 11 is 0. The van der Waals surface area contributed by atoms with Crippen LogP contribution >= 0.6 is 0 Å². The Morgan fingerprint density at radius 2 is 1.65 bits per heavy atom. The van der Waals surface area contributed by atoms with Crippen LogP contribution in [-0.2, 0) is 10.0 Å². The van der Waals surface area contributed by atoms with E-state index < -0.39 is 10.0 Å². The zero-order chi connectivity index (χ0) is 13.2. The Kier molecular flexibility index (Phi) is 4.95. The fourth-order valence-corrected chi connectivity index (χ4v) is 3.31. The first-order valence-corrected chi connectivity index (χ1v) is 7.92. The maximum Gasteiger partial charge on any atom is 0.211 e. The van der Waals surface area contributed by atoms with E-state index in [9.17, 15) is 8.42 Å². The van der Waals surface area contributed by atoms with Gasteiger partial charge in [0, 0.05) is 38.3 Å². The minimum Gasteiger partial charge on any atom is -0.308 e. The predicted octanol–water partition coefficient (Wildman–Crippen LogP) is -0.0978. The SMILES string of the molecule is CC1CN(S(C)(=O)=O)CC(C)N1CCN(C)C. The lowest BCUT2D eigenvalue weighted by Crippen LogP contribution is -2.58. The third-order valence-corrected chi connectivity index (χ3v) is 4.58. The molecule has 1 aliphatic rings. The van der Waals surface area contributed by atoms with Crippen LogP contribution in [0.25, 0.3) is 0 Å². The molecule has 0 aromatic rings. The second kappa shape index (κ2) is 5.65. The van der Waals surface area contributed by atoms with E-state index in [1.165, 1.54) is 6.26 Å². The Balaban J connectivity index is 2.62. The summed E-state index contributed by atoms with van der Waals surface area (Å²) in [6, 6.07) is 0.571. The highest BCUT2D eigenvalue weighted by atomic mass is 32.2. The molecule has 0 saturated carbocycles. The molecule has 1 rings (SSSR count). The molecule has 102 valence electrons. The van der Waals surface area contributed by atoms with Gasteiger partial charge in [0.05, 0.1) is 6.26 Å². The Hall–Kier alpha value is -0.170. The van der Waals surface area contributed by atoms with E-state index in [2.05, 4.69) is 37.7 Å². The van der Waals surface area contributed by atoms with Crippen LogP contribution in [0.1, 0.15) is 13.8 Å². The van der Waals surface area contributed by atoms with Gasteiger partial charge < -0.3 is 4.90 Å². The van der Waals surface area contributed by atoms with Crippen molar-refractivity contribution in [2.24, 2.45) is 0 Å². The Morgan fingerprint density at radius 3 is 2.00 bits per heavy atom. The van der Waals surface area contributed by atoms with Gasteiger partial charge >= 0.3 is 0 Å². The summed E-state index contributed by atoms with van der Waals surface area (Å²) in [4.78, 5) is 4.55. The van der Waals surface area contributed by atoms with Crippen molar-refractivity contribution in [2.45, 2.75) is 25.9 Å². The number of hydrogen-bond acceptors (Lipinski definition) is 4. The van der Waals surface area contributed by atoms with Crippen LogP contribution in [0.4, 0.5) is 0 Å². The molecule has 0 aromatic carbocycles. The topological polar surface area (TPSA) is 43.9 Å². The maximum absolute atomic E-state index is 11.5. The highest BCUT2D eigenvalue weighted by Crippen LogP contribution is 2.17. The van der Waals surface area contributed by atoms with Gasteiger partial charge in [-0.2, -0.15) is 4.31 Å². The number of nitrogens with zero attached hydrogens (tertiary/aromatic N) is 3. The normalized spacial score (nSPS) is 28.8. The highest BCUT2D eigenvalue weighted by molar-refractivity contribution is 7.88. The molecule has 1 aliphatic heterocycles. The summed E-state index contributed by atoms with van der Waals surface area (Å²) in [6.07, 6.45) is 1.29. The molecule has 0 amide bonds. The smallest absolute Gasteiger partial charge is 0.211 e. The molecule has 5 nitrogen and oxygen atoms in total. The zero-order valence-electron chi connectivity index (χ0n) is 11.5. The average molecular weight is 263 g/mol. The lowest BCUT2D eigenvalue weighted by Gasteiger charge is -2.43. The molecule has 0 bridgehead atoms. The van der Waals surface area contributed by atoms with Crippen molar-refractivity contribution in [3.05, 3.63) is 0 Å². The van der Waals surface area contributed by atoms with E-state index >= 15 is 0 Å². The Labute approximate surface area is 105 Å². The first-order valence-electron chi connectivity index (χ1n) is 6.07. The Morgan fingerprint density at radius 1 is 1.18 bits per heavy atom. The van der Waals surface area contributed by atoms with E-state index in [1.54, 1.807) is 4.31 Å². The lowest BCUT2D eigenvalue weighted by atomic mass is 10.1. The molecular formula is C11H25N3O2S. The molecule has 2 unspecified atom stereocenters. The molecule has 6 heteroatoms. The molecular weight excluding hydrogens is 238 g/mol. The van der Waals surface area contributed by atoms with Crippen LogP contribution in [0.5, 0.6) is 0 Å². The average Bonchev–Trinajstić information content (AvgIpc) is 2.14. The number of hydrogen-bond donors (Lipinski definition) is 0. The van der Waals surface area contributed by atoms with Gasteiger partial charge in [-0.1, -0.05) is 0 Å². The fourth-order valence-electron chi connectivity index (χ4n) is 2.34. The van der Waals surface area contributed by atoms with Gasteiger partial charge in [0.2, 0.25) is 10.0 Å². The molecule has 0 aliphatic carbocycles. The van der Waals surface area contributed by atoms with Gasteiger partial charge in [0.25, 0.3) is 0 Å². The van der Waals surface area contributed by atoms with E-state index in [1.807, 2.05) is 0 Å². The highest BCUT2D eigenvalue weighted by Gasteiger charge is 2.32. The van der Waals surface area contributed by atoms with Crippen LogP contribution in [0.15, 0.2) is 0 Å².